The molecule has 0 radical (unpaired) electrons. The molecule has 0 aliphatic carbocycles. The number of carbonyl (C=O) groups is 6. The van der Waals surface area contributed by atoms with E-state index >= 15 is 0 Å². The maximum absolute atomic E-state index is 10.3. The van der Waals surface area contributed by atoms with Crippen LogP contribution >= 0.6 is 36.7 Å². The van der Waals surface area contributed by atoms with Crippen LogP contribution in [0, 0.1) is 0 Å². The van der Waals surface area contributed by atoms with Crippen LogP contribution in [0.5, 0.6) is 0 Å². The molecule has 0 N–H and O–H groups in total. The fourth-order valence-corrected chi connectivity index (χ4v) is 1.95. The van der Waals surface area contributed by atoms with Gasteiger partial charge < -0.3 is 60.7 Å². The first-order valence-electron chi connectivity index (χ1n) is 6.64. The zero-order chi connectivity index (χ0) is 20.6. The Kier molecular flexibility index (Phi) is 14.9. The predicted molar refractivity (Wildman–Crippen MR) is 102 cm³/mol. The Morgan fingerprint density at radius 2 is 0.552 bits per heavy atom. The average Bonchev–Trinajstić information content (AvgIpc) is 2.43. The largest absolute Gasteiger partial charge is 3.00 e. The van der Waals surface area contributed by atoms with E-state index in [9.17, 15) is 28.8 Å². The fourth-order valence-electron chi connectivity index (χ4n) is 1.34. The minimum absolute atomic E-state index is 0. The van der Waals surface area contributed by atoms with Crippen molar-refractivity contribution in [2.24, 2.45) is 0 Å². The number of hydrogen-bond acceptors (Lipinski definition) is 9. The monoisotopic (exact) mass is 820 g/mol. The third kappa shape index (κ3) is 13.4. The smallest absolute Gasteiger partial charge is 0.637 e. The summed E-state index contributed by atoms with van der Waals surface area (Å²) in [6, 6.07) is 0. The van der Waals surface area contributed by atoms with Gasteiger partial charge in [0.1, 0.15) is 0 Å². The Morgan fingerprint density at radius 1 is 0.414 bits per heavy atom. The number of nitrogens with zero attached hydrogens (tertiary/aromatic N) is 6. The molecular weight excluding hydrogens is 814 g/mol. The van der Waals surface area contributed by atoms with E-state index in [2.05, 4.69) is 68.6 Å². The summed E-state index contributed by atoms with van der Waals surface area (Å²) in [5.41, 5.74) is 0. The standard InChI is InChI=1S/3C4H4N2O2S.2Au/c3*7-2-1-3(8)6-4(9)5-2;;/h3*1H2,(H2,5,6,7,8,9);;/q;;;2*+3/p-6. The Balaban J connectivity index is 0. The van der Waals surface area contributed by atoms with Gasteiger partial charge in [0.05, 0.1) is 35.4 Å². The van der Waals surface area contributed by atoms with Crippen molar-refractivity contribution in [3.63, 3.8) is 0 Å². The van der Waals surface area contributed by atoms with Gasteiger partial charge in [-0.1, -0.05) is 0 Å². The van der Waals surface area contributed by atoms with E-state index < -0.39 is 35.4 Å². The Hall–Kier alpha value is -1.43. The van der Waals surface area contributed by atoms with Crippen molar-refractivity contribution in [3.05, 3.63) is 31.9 Å². The first-order chi connectivity index (χ1) is 12.5. The summed E-state index contributed by atoms with van der Waals surface area (Å²) < 4.78 is 0. The van der Waals surface area contributed by atoms with Gasteiger partial charge in [0.15, 0.2) is 0 Å². The van der Waals surface area contributed by atoms with Gasteiger partial charge in [-0.25, -0.2) is 0 Å². The second-order valence-electron chi connectivity index (χ2n) is 4.41. The summed E-state index contributed by atoms with van der Waals surface area (Å²) in [4.78, 5) is 62.1. The normalized spacial score (nSPS) is 17.6. The molecule has 0 aromatic carbocycles. The topological polar surface area (TPSA) is 187 Å². The van der Waals surface area contributed by atoms with Crippen molar-refractivity contribution in [2.75, 3.05) is 0 Å². The Bertz CT molecular complexity index is 542. The molecule has 17 heteroatoms. The maximum atomic E-state index is 10.3. The van der Waals surface area contributed by atoms with Gasteiger partial charge in [-0.15, -0.1) is 36.7 Å². The molecule has 6 amide bonds. The number of amides is 6. The van der Waals surface area contributed by atoms with Crippen molar-refractivity contribution < 1.29 is 73.5 Å². The van der Waals surface area contributed by atoms with Crippen molar-refractivity contribution in [1.82, 2.24) is 0 Å². The molecule has 0 aromatic heterocycles. The number of rotatable bonds is 0. The van der Waals surface area contributed by atoms with Crippen LogP contribution in [0.1, 0.15) is 19.3 Å². The summed E-state index contributed by atoms with van der Waals surface area (Å²) in [5, 5.41) is 19.0. The first-order valence-corrected chi connectivity index (χ1v) is 7.87. The fraction of sp³-hybridized carbons (Fsp3) is 0.250. The number of carbonyl (C=O) groups excluding carboxylic acids is 6. The molecule has 0 saturated carbocycles. The van der Waals surface area contributed by atoms with Crippen LogP contribution in [0.15, 0.2) is 0 Å². The van der Waals surface area contributed by atoms with Gasteiger partial charge in [-0.3, -0.25) is 0 Å². The van der Waals surface area contributed by atoms with Crippen LogP contribution in [0.25, 0.3) is 31.9 Å². The number of hydrogen-bond donors (Lipinski definition) is 0. The van der Waals surface area contributed by atoms with Crippen LogP contribution < -0.4 is 0 Å². The molecule has 3 fully saturated rings. The molecule has 0 unspecified atom stereocenters. The second-order valence-corrected chi connectivity index (χ2v) is 5.51. The number of thiocarbonyl (C=S) groups is 3. The molecule has 0 spiro atoms. The van der Waals surface area contributed by atoms with E-state index in [4.69, 9.17) is 0 Å². The van der Waals surface area contributed by atoms with Crippen LogP contribution in [-0.2, 0) is 73.5 Å². The summed E-state index contributed by atoms with van der Waals surface area (Å²) >= 11 is 13.2. The van der Waals surface area contributed by atoms with E-state index in [1.165, 1.54) is 0 Å². The van der Waals surface area contributed by atoms with Crippen molar-refractivity contribution >= 4 is 87.4 Å². The average molecular weight is 820 g/mol. The van der Waals surface area contributed by atoms with E-state index in [0.717, 1.165) is 0 Å². The van der Waals surface area contributed by atoms with Gasteiger partial charge in [-0.05, 0) is 0 Å². The Labute approximate surface area is 210 Å². The second kappa shape index (κ2) is 14.5. The van der Waals surface area contributed by atoms with Crippen LogP contribution in [0.3, 0.4) is 0 Å². The molecule has 3 saturated heterocycles. The van der Waals surface area contributed by atoms with E-state index in [1.54, 1.807) is 0 Å². The first kappa shape index (κ1) is 29.8. The van der Waals surface area contributed by atoms with Crippen molar-refractivity contribution in [3.8, 4) is 0 Å². The van der Waals surface area contributed by atoms with Gasteiger partial charge >= 0.3 is 44.8 Å². The zero-order valence-electron chi connectivity index (χ0n) is 13.6. The van der Waals surface area contributed by atoms with Crippen LogP contribution in [0.2, 0.25) is 0 Å². The minimum Gasteiger partial charge on any atom is -0.637 e. The van der Waals surface area contributed by atoms with Crippen molar-refractivity contribution in [2.45, 2.75) is 19.3 Å². The predicted octanol–water partition coefficient (Wildman–Crippen LogP) is 1.42. The summed E-state index contributed by atoms with van der Waals surface area (Å²) in [6.45, 7) is 0. The van der Waals surface area contributed by atoms with E-state index in [1.807, 2.05) is 0 Å². The SMILES string of the molecule is O=C1CC(=O)[N-]C(=S)[N-]1.O=C1CC(=O)[N-]C(=S)[N-]1.O=C1CC(=O)[N-]C(=S)[N-]1.[Au+3].[Au+3]. The van der Waals surface area contributed by atoms with Crippen molar-refractivity contribution in [1.29, 1.82) is 0 Å². The maximum Gasteiger partial charge on any atom is 3.00 e. The molecule has 12 nitrogen and oxygen atoms in total. The summed E-state index contributed by atoms with van der Waals surface area (Å²) in [6.07, 6.45) is -0.708. The molecule has 3 heterocycles. The third-order valence-electron chi connectivity index (χ3n) is 2.23. The summed E-state index contributed by atoms with van der Waals surface area (Å²) in [7, 11) is 0. The molecule has 3 rings (SSSR count). The molecule has 0 aromatic rings. The molecule has 29 heavy (non-hydrogen) atoms. The molecule has 3 aliphatic heterocycles. The molecular formula is C12H6Au2N6O6S3. The molecule has 0 atom stereocenters. The van der Waals surface area contributed by atoms with Gasteiger partial charge in [0.2, 0.25) is 0 Å². The zero-order valence-corrected chi connectivity index (χ0v) is 20.4. The van der Waals surface area contributed by atoms with E-state index in [0.29, 0.717) is 0 Å². The molecule has 160 valence electrons. The van der Waals surface area contributed by atoms with E-state index in [-0.39, 0.29) is 79.4 Å². The summed E-state index contributed by atoms with van der Waals surface area (Å²) in [5.74, 6) is -3.00. The van der Waals surface area contributed by atoms with Crippen LogP contribution in [0.4, 0.5) is 0 Å². The van der Waals surface area contributed by atoms with Gasteiger partial charge in [0, 0.05) is 19.3 Å². The molecule has 3 aliphatic rings. The third-order valence-corrected chi connectivity index (χ3v) is 2.78. The Morgan fingerprint density at radius 3 is 0.655 bits per heavy atom. The quantitative estimate of drug-likeness (QED) is 0.198. The van der Waals surface area contributed by atoms with Gasteiger partial charge in [0.25, 0.3) is 0 Å². The van der Waals surface area contributed by atoms with Gasteiger partial charge in [-0.2, -0.15) is 15.3 Å². The minimum atomic E-state index is -0.500. The molecule has 0 bridgehead atoms. The van der Waals surface area contributed by atoms with Crippen LogP contribution in [-0.4, -0.2) is 50.8 Å².